The lowest BCUT2D eigenvalue weighted by atomic mass is 9.99. The summed E-state index contributed by atoms with van der Waals surface area (Å²) < 4.78 is 0. The minimum absolute atomic E-state index is 0. The molecule has 156 valence electrons. The van der Waals surface area contributed by atoms with Gasteiger partial charge in [0.15, 0.2) is 0 Å². The molecule has 4 rings (SSSR count). The standard InChI is InChI=1S/C24H20Cl2N2.2ClH/c1-28-14-13-27-23(12-8-17-7-11-21(25)22(26)15-17)20-10-9-19(16-24(20)28)18-5-3-2-4-6-18;;/h2-12,15-16H,13-14H2,1H3;2*1H. The molecular weight excluding hydrogens is 458 g/mol. The number of aliphatic imine (C=N–C) groups is 1. The van der Waals surface area contributed by atoms with Gasteiger partial charge in [-0.3, -0.25) is 4.99 Å². The highest BCUT2D eigenvalue weighted by Crippen LogP contribution is 2.30. The van der Waals surface area contributed by atoms with Gasteiger partial charge in [-0.25, -0.2) is 0 Å². The Morgan fingerprint density at radius 3 is 2.33 bits per heavy atom. The number of fused-ring (bicyclic) bond motifs is 1. The molecule has 0 bridgehead atoms. The first kappa shape index (κ1) is 24.3. The second kappa shape index (κ2) is 10.9. The molecular formula is C24H22Cl4N2. The number of hydrogen-bond acceptors (Lipinski definition) is 2. The molecule has 0 saturated carbocycles. The summed E-state index contributed by atoms with van der Waals surface area (Å²) in [7, 11) is 2.12. The molecule has 3 aromatic rings. The van der Waals surface area contributed by atoms with Gasteiger partial charge in [0.2, 0.25) is 0 Å². The zero-order valence-corrected chi connectivity index (χ0v) is 19.5. The zero-order chi connectivity index (χ0) is 19.5. The average Bonchev–Trinajstić information content (AvgIpc) is 2.88. The maximum atomic E-state index is 6.13. The normalized spacial score (nSPS) is 13.0. The fourth-order valence-corrected chi connectivity index (χ4v) is 3.64. The van der Waals surface area contributed by atoms with E-state index in [2.05, 4.69) is 60.5 Å². The highest BCUT2D eigenvalue weighted by molar-refractivity contribution is 6.42. The molecule has 1 heterocycles. The van der Waals surface area contributed by atoms with Crippen LogP contribution in [0.3, 0.4) is 0 Å². The number of anilines is 1. The molecule has 0 saturated heterocycles. The number of nitrogens with zero attached hydrogens (tertiary/aromatic N) is 2. The van der Waals surface area contributed by atoms with E-state index in [9.17, 15) is 0 Å². The Morgan fingerprint density at radius 1 is 0.833 bits per heavy atom. The van der Waals surface area contributed by atoms with Crippen molar-refractivity contribution in [1.29, 1.82) is 0 Å². The molecule has 1 aliphatic rings. The van der Waals surface area contributed by atoms with Gasteiger partial charge < -0.3 is 4.90 Å². The summed E-state index contributed by atoms with van der Waals surface area (Å²) in [5, 5.41) is 1.12. The van der Waals surface area contributed by atoms with Crippen LogP contribution in [0.25, 0.3) is 17.2 Å². The van der Waals surface area contributed by atoms with E-state index in [0.29, 0.717) is 10.0 Å². The highest BCUT2D eigenvalue weighted by atomic mass is 35.5. The summed E-state index contributed by atoms with van der Waals surface area (Å²) in [4.78, 5) is 7.07. The van der Waals surface area contributed by atoms with Crippen LogP contribution in [0, 0.1) is 0 Å². The zero-order valence-electron chi connectivity index (χ0n) is 16.4. The van der Waals surface area contributed by atoms with Crippen molar-refractivity contribution in [3.63, 3.8) is 0 Å². The predicted octanol–water partition coefficient (Wildman–Crippen LogP) is 7.46. The van der Waals surface area contributed by atoms with Gasteiger partial charge in [-0.15, -0.1) is 24.8 Å². The van der Waals surface area contributed by atoms with Crippen molar-refractivity contribution in [1.82, 2.24) is 0 Å². The van der Waals surface area contributed by atoms with Crippen molar-refractivity contribution in [3.8, 4) is 11.1 Å². The van der Waals surface area contributed by atoms with Crippen molar-refractivity contribution in [3.05, 3.63) is 94.0 Å². The average molecular weight is 480 g/mol. The van der Waals surface area contributed by atoms with Gasteiger partial charge in [0.25, 0.3) is 0 Å². The summed E-state index contributed by atoms with van der Waals surface area (Å²) in [6.45, 7) is 1.64. The molecule has 0 aliphatic carbocycles. The van der Waals surface area contributed by atoms with Gasteiger partial charge in [0, 0.05) is 24.8 Å². The van der Waals surface area contributed by atoms with Crippen molar-refractivity contribution in [2.75, 3.05) is 25.0 Å². The van der Waals surface area contributed by atoms with Gasteiger partial charge >= 0.3 is 0 Å². The molecule has 0 fully saturated rings. The van der Waals surface area contributed by atoms with E-state index in [1.165, 1.54) is 16.8 Å². The summed E-state index contributed by atoms with van der Waals surface area (Å²) in [5.41, 5.74) is 6.73. The van der Waals surface area contributed by atoms with Crippen LogP contribution < -0.4 is 4.90 Å². The largest absolute Gasteiger partial charge is 0.372 e. The van der Waals surface area contributed by atoms with Gasteiger partial charge in [0.05, 0.1) is 22.3 Å². The third-order valence-corrected chi connectivity index (χ3v) is 5.63. The Morgan fingerprint density at radius 2 is 1.60 bits per heavy atom. The molecule has 0 atom stereocenters. The summed E-state index contributed by atoms with van der Waals surface area (Å²) in [6.07, 6.45) is 4.08. The lowest BCUT2D eigenvalue weighted by Gasteiger charge is -2.20. The van der Waals surface area contributed by atoms with Crippen LogP contribution in [0.2, 0.25) is 10.0 Å². The van der Waals surface area contributed by atoms with Crippen LogP contribution >= 0.6 is 48.0 Å². The molecule has 2 nitrogen and oxygen atoms in total. The van der Waals surface area contributed by atoms with E-state index >= 15 is 0 Å². The highest BCUT2D eigenvalue weighted by Gasteiger charge is 2.15. The number of likely N-dealkylation sites (N-methyl/N-ethyl adjacent to an activating group) is 1. The van der Waals surface area contributed by atoms with Crippen molar-refractivity contribution >= 4 is 65.5 Å². The first-order valence-electron chi connectivity index (χ1n) is 9.20. The van der Waals surface area contributed by atoms with Crippen LogP contribution in [0.5, 0.6) is 0 Å². The van der Waals surface area contributed by atoms with Crippen molar-refractivity contribution in [2.45, 2.75) is 0 Å². The molecule has 6 heteroatoms. The Bertz CT molecular complexity index is 1060. The molecule has 3 aromatic carbocycles. The fourth-order valence-electron chi connectivity index (χ4n) is 3.33. The molecule has 0 N–H and O–H groups in total. The number of allylic oxidation sites excluding steroid dienone is 1. The number of halogens is 4. The lowest BCUT2D eigenvalue weighted by Crippen LogP contribution is -2.20. The van der Waals surface area contributed by atoms with Gasteiger partial charge in [0.1, 0.15) is 0 Å². The lowest BCUT2D eigenvalue weighted by molar-refractivity contribution is 0.897. The van der Waals surface area contributed by atoms with Crippen LogP contribution in [-0.2, 0) is 0 Å². The van der Waals surface area contributed by atoms with Crippen LogP contribution in [0.15, 0.2) is 77.8 Å². The third-order valence-electron chi connectivity index (χ3n) is 4.89. The van der Waals surface area contributed by atoms with E-state index in [-0.39, 0.29) is 24.8 Å². The maximum absolute atomic E-state index is 6.13. The SMILES string of the molecule is CN1CCN=C(C=Cc2ccc(Cl)c(Cl)c2)c2ccc(-c3ccccc3)cc21.Cl.Cl. The van der Waals surface area contributed by atoms with E-state index < -0.39 is 0 Å². The van der Waals surface area contributed by atoms with Crippen LogP contribution in [0.1, 0.15) is 11.1 Å². The molecule has 0 radical (unpaired) electrons. The smallest absolute Gasteiger partial charge is 0.0668 e. The quantitative estimate of drug-likeness (QED) is 0.380. The van der Waals surface area contributed by atoms with Gasteiger partial charge in [-0.05, 0) is 41.0 Å². The number of benzene rings is 3. The Hall–Kier alpha value is -1.97. The Kier molecular flexibility index (Phi) is 8.81. The topological polar surface area (TPSA) is 15.6 Å². The van der Waals surface area contributed by atoms with E-state index in [1.807, 2.05) is 30.3 Å². The second-order valence-corrected chi connectivity index (χ2v) is 7.61. The fraction of sp³-hybridized carbons (Fsp3) is 0.125. The molecule has 0 unspecified atom stereocenters. The Labute approximate surface area is 200 Å². The van der Waals surface area contributed by atoms with Crippen LogP contribution in [0.4, 0.5) is 5.69 Å². The monoisotopic (exact) mass is 478 g/mol. The van der Waals surface area contributed by atoms with Gasteiger partial charge in [-0.1, -0.05) is 77.8 Å². The maximum Gasteiger partial charge on any atom is 0.0668 e. The van der Waals surface area contributed by atoms with Crippen molar-refractivity contribution < 1.29 is 0 Å². The minimum atomic E-state index is 0. The summed E-state index contributed by atoms with van der Waals surface area (Å²) in [5.74, 6) is 0. The molecule has 0 aromatic heterocycles. The molecule has 0 amide bonds. The van der Waals surface area contributed by atoms with E-state index in [1.54, 1.807) is 0 Å². The molecule has 0 spiro atoms. The summed E-state index contributed by atoms with van der Waals surface area (Å²) in [6, 6.07) is 22.6. The van der Waals surface area contributed by atoms with Gasteiger partial charge in [-0.2, -0.15) is 0 Å². The summed E-state index contributed by atoms with van der Waals surface area (Å²) >= 11 is 12.1. The number of hydrogen-bond donors (Lipinski definition) is 0. The van der Waals surface area contributed by atoms with E-state index in [4.69, 9.17) is 28.2 Å². The molecule has 30 heavy (non-hydrogen) atoms. The van der Waals surface area contributed by atoms with Crippen LogP contribution in [-0.4, -0.2) is 25.8 Å². The first-order chi connectivity index (χ1) is 13.6. The Balaban J connectivity index is 0.00000160. The van der Waals surface area contributed by atoms with Crippen molar-refractivity contribution in [2.24, 2.45) is 4.99 Å². The minimum Gasteiger partial charge on any atom is -0.372 e. The van der Waals surface area contributed by atoms with E-state index in [0.717, 1.165) is 29.9 Å². The number of rotatable bonds is 3. The third kappa shape index (κ3) is 5.39. The first-order valence-corrected chi connectivity index (χ1v) is 9.96. The predicted molar refractivity (Wildman–Crippen MR) is 137 cm³/mol. The second-order valence-electron chi connectivity index (χ2n) is 6.79. The molecule has 1 aliphatic heterocycles. The number of benzodiazepines with no additional fused rings is 1.